The number of aryl methyl sites for hydroxylation is 2. The van der Waals surface area contributed by atoms with E-state index in [9.17, 15) is 0 Å². The second-order valence-corrected chi connectivity index (χ2v) is 5.44. The van der Waals surface area contributed by atoms with E-state index in [2.05, 4.69) is 39.1 Å². The molecule has 0 atom stereocenters. The monoisotopic (exact) mass is 287 g/mol. The van der Waals surface area contributed by atoms with Crippen LogP contribution in [0.4, 0.5) is 11.5 Å². The molecule has 0 bridgehead atoms. The molecule has 3 rings (SSSR count). The van der Waals surface area contributed by atoms with Crippen LogP contribution in [0.2, 0.25) is 5.15 Å². The van der Waals surface area contributed by atoms with Crippen molar-refractivity contribution in [1.29, 1.82) is 0 Å². The second-order valence-electron chi connectivity index (χ2n) is 5.06. The molecule has 1 aliphatic heterocycles. The summed E-state index contributed by atoms with van der Waals surface area (Å²) in [6, 6.07) is 10.4. The summed E-state index contributed by atoms with van der Waals surface area (Å²) in [5.41, 5.74) is 2.64. The van der Waals surface area contributed by atoms with Crippen LogP contribution in [0, 0.1) is 0 Å². The number of hydrogen-bond donors (Lipinski definition) is 0. The smallest absolute Gasteiger partial charge is 0.138 e. The van der Waals surface area contributed by atoms with Crippen molar-refractivity contribution in [3.05, 3.63) is 46.9 Å². The van der Waals surface area contributed by atoms with Crippen molar-refractivity contribution in [1.82, 2.24) is 9.97 Å². The summed E-state index contributed by atoms with van der Waals surface area (Å²) in [6.07, 6.45) is 4.31. The van der Waals surface area contributed by atoms with Crippen molar-refractivity contribution in [2.45, 2.75) is 32.6 Å². The molecule has 3 nitrogen and oxygen atoms in total. The molecule has 0 unspecified atom stereocenters. The fourth-order valence-corrected chi connectivity index (χ4v) is 2.87. The molecule has 4 heteroatoms. The van der Waals surface area contributed by atoms with E-state index in [1.165, 1.54) is 17.7 Å². The van der Waals surface area contributed by atoms with Gasteiger partial charge in [0, 0.05) is 24.7 Å². The van der Waals surface area contributed by atoms with Crippen molar-refractivity contribution in [2.24, 2.45) is 0 Å². The molecule has 20 heavy (non-hydrogen) atoms. The fraction of sp³-hybridized carbons (Fsp3) is 0.375. The number of hydrogen-bond acceptors (Lipinski definition) is 3. The van der Waals surface area contributed by atoms with Gasteiger partial charge in [0.2, 0.25) is 0 Å². The van der Waals surface area contributed by atoms with E-state index in [1.807, 2.05) is 13.0 Å². The number of benzene rings is 1. The first kappa shape index (κ1) is 13.4. The van der Waals surface area contributed by atoms with Crippen LogP contribution in [0.1, 0.15) is 31.2 Å². The molecule has 1 aromatic carbocycles. The van der Waals surface area contributed by atoms with Crippen LogP contribution in [-0.2, 0) is 12.8 Å². The third-order valence-electron chi connectivity index (χ3n) is 3.68. The Kier molecular flexibility index (Phi) is 3.88. The highest BCUT2D eigenvalue weighted by molar-refractivity contribution is 6.29. The maximum Gasteiger partial charge on any atom is 0.138 e. The van der Waals surface area contributed by atoms with Gasteiger partial charge in [0.1, 0.15) is 16.8 Å². The number of rotatable bonds is 2. The lowest BCUT2D eigenvalue weighted by Gasteiger charge is -2.24. The van der Waals surface area contributed by atoms with Gasteiger partial charge in [0.05, 0.1) is 0 Å². The van der Waals surface area contributed by atoms with Crippen LogP contribution in [0.3, 0.4) is 0 Å². The van der Waals surface area contributed by atoms with Crippen molar-refractivity contribution in [2.75, 3.05) is 11.4 Å². The SMILES string of the molecule is CCc1nc(Cl)cc(N2CCCCc3ccccc32)n1. The minimum Gasteiger partial charge on any atom is -0.326 e. The van der Waals surface area contributed by atoms with Crippen LogP contribution < -0.4 is 4.90 Å². The van der Waals surface area contributed by atoms with Crippen molar-refractivity contribution >= 4 is 23.1 Å². The molecule has 0 amide bonds. The average molecular weight is 288 g/mol. The molecule has 1 aromatic heterocycles. The zero-order chi connectivity index (χ0) is 13.9. The largest absolute Gasteiger partial charge is 0.326 e. The number of fused-ring (bicyclic) bond motifs is 1. The van der Waals surface area contributed by atoms with Crippen LogP contribution in [0.15, 0.2) is 30.3 Å². The van der Waals surface area contributed by atoms with E-state index in [4.69, 9.17) is 11.6 Å². The summed E-state index contributed by atoms with van der Waals surface area (Å²) in [4.78, 5) is 11.2. The Labute approximate surface area is 124 Å². The van der Waals surface area contributed by atoms with Crippen molar-refractivity contribution in [3.63, 3.8) is 0 Å². The second kappa shape index (κ2) is 5.80. The van der Waals surface area contributed by atoms with Crippen LogP contribution >= 0.6 is 11.6 Å². The Bertz CT molecular complexity index is 612. The lowest BCUT2D eigenvalue weighted by Crippen LogP contribution is -2.20. The fourth-order valence-electron chi connectivity index (χ4n) is 2.68. The first-order valence-electron chi connectivity index (χ1n) is 7.17. The summed E-state index contributed by atoms with van der Waals surface area (Å²) >= 11 is 6.14. The van der Waals surface area contributed by atoms with Gasteiger partial charge in [-0.05, 0) is 30.9 Å². The van der Waals surface area contributed by atoms with Gasteiger partial charge in [-0.25, -0.2) is 9.97 Å². The first-order chi connectivity index (χ1) is 9.78. The quantitative estimate of drug-likeness (QED) is 0.777. The zero-order valence-electron chi connectivity index (χ0n) is 11.6. The summed E-state index contributed by atoms with van der Waals surface area (Å²) in [5.74, 6) is 1.71. The molecule has 1 aliphatic rings. The van der Waals surface area contributed by atoms with Crippen molar-refractivity contribution in [3.8, 4) is 0 Å². The van der Waals surface area contributed by atoms with Gasteiger partial charge in [0.25, 0.3) is 0 Å². The van der Waals surface area contributed by atoms with Gasteiger partial charge in [-0.15, -0.1) is 0 Å². The molecule has 0 N–H and O–H groups in total. The molecule has 0 saturated heterocycles. The molecule has 2 aromatic rings. The Balaban J connectivity index is 2.07. The maximum absolute atomic E-state index is 6.14. The molecule has 0 radical (unpaired) electrons. The van der Waals surface area contributed by atoms with E-state index in [0.29, 0.717) is 5.15 Å². The van der Waals surface area contributed by atoms with Gasteiger partial charge in [-0.3, -0.25) is 0 Å². The molecule has 0 spiro atoms. The summed E-state index contributed by atoms with van der Waals surface area (Å²) in [6.45, 7) is 3.03. The third kappa shape index (κ3) is 2.63. The lowest BCUT2D eigenvalue weighted by atomic mass is 10.1. The number of anilines is 2. The predicted octanol–water partition coefficient (Wildman–Crippen LogP) is 4.17. The standard InChI is InChI=1S/C16H18ClN3/c1-2-15-18-14(17)11-16(19-15)20-10-6-5-8-12-7-3-4-9-13(12)20/h3-4,7,9,11H,2,5-6,8,10H2,1H3. The van der Waals surface area contributed by atoms with E-state index in [1.54, 1.807) is 0 Å². The average Bonchev–Trinajstić information content (AvgIpc) is 2.69. The van der Waals surface area contributed by atoms with E-state index in [0.717, 1.165) is 37.4 Å². The highest BCUT2D eigenvalue weighted by Gasteiger charge is 2.18. The zero-order valence-corrected chi connectivity index (χ0v) is 12.4. The van der Waals surface area contributed by atoms with Crippen LogP contribution in [0.25, 0.3) is 0 Å². The molecule has 104 valence electrons. The van der Waals surface area contributed by atoms with E-state index >= 15 is 0 Å². The van der Waals surface area contributed by atoms with E-state index in [-0.39, 0.29) is 0 Å². The molecular formula is C16H18ClN3. The Morgan fingerprint density at radius 2 is 2.05 bits per heavy atom. The van der Waals surface area contributed by atoms with Gasteiger partial charge < -0.3 is 4.90 Å². The molecule has 0 fully saturated rings. The first-order valence-corrected chi connectivity index (χ1v) is 7.54. The number of nitrogens with zero attached hydrogens (tertiary/aromatic N) is 3. The van der Waals surface area contributed by atoms with Gasteiger partial charge in [-0.1, -0.05) is 36.7 Å². The summed E-state index contributed by atoms with van der Waals surface area (Å²) in [5, 5.41) is 0.522. The highest BCUT2D eigenvalue weighted by Crippen LogP contribution is 2.32. The van der Waals surface area contributed by atoms with Crippen LogP contribution in [0.5, 0.6) is 0 Å². The maximum atomic E-state index is 6.14. The third-order valence-corrected chi connectivity index (χ3v) is 3.87. The molecule has 0 saturated carbocycles. The molecule has 2 heterocycles. The summed E-state index contributed by atoms with van der Waals surface area (Å²) in [7, 11) is 0. The molecule has 0 aliphatic carbocycles. The van der Waals surface area contributed by atoms with Gasteiger partial charge in [-0.2, -0.15) is 0 Å². The van der Waals surface area contributed by atoms with E-state index < -0.39 is 0 Å². The minimum absolute atomic E-state index is 0.522. The minimum atomic E-state index is 0.522. The Hall–Kier alpha value is -1.61. The number of para-hydroxylation sites is 1. The topological polar surface area (TPSA) is 29.0 Å². The lowest BCUT2D eigenvalue weighted by molar-refractivity contribution is 0.755. The number of aromatic nitrogens is 2. The predicted molar refractivity (Wildman–Crippen MR) is 82.8 cm³/mol. The highest BCUT2D eigenvalue weighted by atomic mass is 35.5. The normalized spacial score (nSPS) is 14.8. The van der Waals surface area contributed by atoms with Gasteiger partial charge in [0.15, 0.2) is 0 Å². The van der Waals surface area contributed by atoms with Crippen LogP contribution in [-0.4, -0.2) is 16.5 Å². The summed E-state index contributed by atoms with van der Waals surface area (Å²) < 4.78 is 0. The van der Waals surface area contributed by atoms with Crippen molar-refractivity contribution < 1.29 is 0 Å². The number of halogens is 1. The Morgan fingerprint density at radius 1 is 1.20 bits per heavy atom. The Morgan fingerprint density at radius 3 is 2.90 bits per heavy atom. The molecular weight excluding hydrogens is 270 g/mol. The van der Waals surface area contributed by atoms with Gasteiger partial charge >= 0.3 is 0 Å².